The molecule has 0 spiro atoms. The minimum Gasteiger partial charge on any atom is -0.456 e. The smallest absolute Gasteiger partial charge is 0.338 e. The first-order valence-electron chi connectivity index (χ1n) is 14.0. The van der Waals surface area contributed by atoms with Crippen molar-refractivity contribution in [3.8, 4) is 0 Å². The number of rotatable bonds is 9. The molecule has 40 heavy (non-hydrogen) atoms. The Balaban J connectivity index is 1.40. The molecule has 0 saturated carbocycles. The second kappa shape index (κ2) is 13.0. The van der Waals surface area contributed by atoms with Gasteiger partial charge in [-0.1, -0.05) is 13.0 Å². The molecule has 0 bridgehead atoms. The third-order valence-corrected chi connectivity index (χ3v) is 7.60. The average Bonchev–Trinajstić information content (AvgIpc) is 3.19. The Hall–Kier alpha value is -3.21. The topological polar surface area (TPSA) is 101 Å². The van der Waals surface area contributed by atoms with Crippen molar-refractivity contribution in [1.82, 2.24) is 9.96 Å². The van der Waals surface area contributed by atoms with Crippen molar-refractivity contribution in [3.63, 3.8) is 0 Å². The molecule has 4 rings (SSSR count). The number of nitrogens with two attached hydrogens (primary N) is 1. The van der Waals surface area contributed by atoms with E-state index in [0.717, 1.165) is 55.4 Å². The predicted octanol–water partition coefficient (Wildman–Crippen LogP) is 4.99. The van der Waals surface area contributed by atoms with Gasteiger partial charge in [-0.2, -0.15) is 0 Å². The molecule has 0 aliphatic carbocycles. The van der Waals surface area contributed by atoms with E-state index in [2.05, 4.69) is 20.9 Å². The van der Waals surface area contributed by atoms with Crippen molar-refractivity contribution in [2.45, 2.75) is 59.6 Å². The van der Waals surface area contributed by atoms with E-state index >= 15 is 0 Å². The molecule has 1 amide bonds. The molecule has 1 fully saturated rings. The number of hydrogen-bond donors (Lipinski definition) is 1. The normalized spacial score (nSPS) is 16.1. The Labute approximate surface area is 241 Å². The van der Waals surface area contributed by atoms with Crippen LogP contribution in [0.15, 0.2) is 40.9 Å². The van der Waals surface area contributed by atoms with Crippen LogP contribution in [-0.2, 0) is 20.9 Å². The second-order valence-electron chi connectivity index (χ2n) is 11.1. The SMILES string of the molecule is CCCN(OCC)C(=O)C1=Cc2sc(CN3CCN(c4cccc(C(=O)OC(C)(C)C)c4)CC3)cc2N=C(N)C1. The van der Waals surface area contributed by atoms with Gasteiger partial charge in [0, 0.05) is 61.8 Å². The molecule has 9 nitrogen and oxygen atoms in total. The Bertz CT molecular complexity index is 1270. The van der Waals surface area contributed by atoms with Crippen LogP contribution in [0.1, 0.15) is 67.6 Å². The quantitative estimate of drug-likeness (QED) is 0.337. The van der Waals surface area contributed by atoms with E-state index in [1.165, 1.54) is 9.94 Å². The first-order valence-corrected chi connectivity index (χ1v) is 14.8. The van der Waals surface area contributed by atoms with Crippen LogP contribution >= 0.6 is 11.3 Å². The van der Waals surface area contributed by atoms with Gasteiger partial charge in [0.2, 0.25) is 0 Å². The summed E-state index contributed by atoms with van der Waals surface area (Å²) in [4.78, 5) is 42.7. The molecule has 10 heteroatoms. The van der Waals surface area contributed by atoms with E-state index in [-0.39, 0.29) is 11.9 Å². The average molecular weight is 568 g/mol. The second-order valence-corrected chi connectivity index (χ2v) is 12.2. The minimum absolute atomic E-state index is 0.156. The number of fused-ring (bicyclic) bond motifs is 1. The predicted molar refractivity (Wildman–Crippen MR) is 161 cm³/mol. The zero-order chi connectivity index (χ0) is 28.9. The highest BCUT2D eigenvalue weighted by Crippen LogP contribution is 2.35. The van der Waals surface area contributed by atoms with E-state index in [0.29, 0.717) is 36.5 Å². The molecule has 1 aromatic carbocycles. The van der Waals surface area contributed by atoms with Crippen LogP contribution in [0.5, 0.6) is 0 Å². The van der Waals surface area contributed by atoms with Gasteiger partial charge in [-0.25, -0.2) is 14.9 Å². The lowest BCUT2D eigenvalue weighted by molar-refractivity contribution is -0.180. The molecule has 2 aliphatic heterocycles. The summed E-state index contributed by atoms with van der Waals surface area (Å²) >= 11 is 1.65. The molecule has 0 atom stereocenters. The molecule has 2 aliphatic rings. The maximum atomic E-state index is 13.2. The summed E-state index contributed by atoms with van der Waals surface area (Å²) in [7, 11) is 0. The molecule has 1 aromatic heterocycles. The van der Waals surface area contributed by atoms with Crippen molar-refractivity contribution in [2.75, 3.05) is 44.2 Å². The van der Waals surface area contributed by atoms with Crippen LogP contribution in [-0.4, -0.2) is 72.6 Å². The highest BCUT2D eigenvalue weighted by molar-refractivity contribution is 7.13. The van der Waals surface area contributed by atoms with Gasteiger partial charge < -0.3 is 15.4 Å². The number of anilines is 1. The number of piperazine rings is 1. The number of nitrogens with zero attached hydrogens (tertiary/aromatic N) is 4. The molecule has 2 N–H and O–H groups in total. The number of hydroxylamine groups is 2. The summed E-state index contributed by atoms with van der Waals surface area (Å²) in [5.74, 6) is -0.0296. The van der Waals surface area contributed by atoms with E-state index in [1.54, 1.807) is 17.4 Å². The maximum Gasteiger partial charge on any atom is 0.338 e. The van der Waals surface area contributed by atoms with Crippen LogP contribution in [0.25, 0.3) is 6.08 Å². The number of ether oxygens (including phenoxy) is 1. The van der Waals surface area contributed by atoms with E-state index in [4.69, 9.17) is 15.3 Å². The molecule has 3 heterocycles. The zero-order valence-electron chi connectivity index (χ0n) is 24.2. The van der Waals surface area contributed by atoms with Crippen molar-refractivity contribution >= 4 is 46.5 Å². The number of esters is 1. The van der Waals surface area contributed by atoms with Crippen molar-refractivity contribution in [3.05, 3.63) is 51.2 Å². The zero-order valence-corrected chi connectivity index (χ0v) is 25.1. The molecule has 0 unspecified atom stereocenters. The van der Waals surface area contributed by atoms with E-state index in [9.17, 15) is 9.59 Å². The Morgan fingerprint density at radius 1 is 1.12 bits per heavy atom. The Kier molecular flexibility index (Phi) is 9.65. The summed E-state index contributed by atoms with van der Waals surface area (Å²) < 4.78 is 5.54. The Morgan fingerprint density at radius 3 is 2.55 bits per heavy atom. The number of amidine groups is 1. The summed E-state index contributed by atoms with van der Waals surface area (Å²) in [6.07, 6.45) is 3.03. The minimum atomic E-state index is -0.526. The molecule has 0 radical (unpaired) electrons. The standard InChI is InChI=1S/C30H41N5O4S/c1-6-11-35(38-7-2)28(36)22-17-26-25(32-27(31)18-22)19-24(40-26)20-33-12-14-34(15-13-33)23-10-8-9-21(16-23)29(37)39-30(3,4)5/h8-10,16-17,19H,6-7,11-15,18,20H2,1-5H3,(H2,31,32). The van der Waals surface area contributed by atoms with Gasteiger partial charge in [0.25, 0.3) is 5.91 Å². The van der Waals surface area contributed by atoms with Gasteiger partial charge >= 0.3 is 5.97 Å². The van der Waals surface area contributed by atoms with Gasteiger partial charge in [0.15, 0.2) is 0 Å². The van der Waals surface area contributed by atoms with Crippen LogP contribution in [0.4, 0.5) is 11.4 Å². The van der Waals surface area contributed by atoms with Crippen LogP contribution < -0.4 is 10.6 Å². The number of benzene rings is 1. The summed E-state index contributed by atoms with van der Waals surface area (Å²) in [5.41, 5.74) is 8.69. The van der Waals surface area contributed by atoms with Gasteiger partial charge in [-0.3, -0.25) is 14.5 Å². The van der Waals surface area contributed by atoms with Gasteiger partial charge in [0.05, 0.1) is 22.7 Å². The first-order chi connectivity index (χ1) is 19.1. The third kappa shape index (κ3) is 7.71. The maximum absolute atomic E-state index is 13.2. The van der Waals surface area contributed by atoms with E-state index in [1.807, 2.05) is 58.9 Å². The molecule has 1 saturated heterocycles. The summed E-state index contributed by atoms with van der Waals surface area (Å²) in [6.45, 7) is 14.8. The van der Waals surface area contributed by atoms with Crippen LogP contribution in [0.3, 0.4) is 0 Å². The van der Waals surface area contributed by atoms with Crippen molar-refractivity contribution < 1.29 is 19.2 Å². The lowest BCUT2D eigenvalue weighted by Gasteiger charge is -2.36. The molecular weight excluding hydrogens is 526 g/mol. The van der Waals surface area contributed by atoms with Crippen LogP contribution in [0, 0.1) is 0 Å². The highest BCUT2D eigenvalue weighted by atomic mass is 32.1. The number of amides is 1. The Morgan fingerprint density at radius 2 is 1.88 bits per heavy atom. The van der Waals surface area contributed by atoms with Crippen molar-refractivity contribution in [2.24, 2.45) is 10.7 Å². The number of carbonyl (C=O) groups excluding carboxylic acids is 2. The van der Waals surface area contributed by atoms with Gasteiger partial charge in [-0.05, 0) is 64.5 Å². The van der Waals surface area contributed by atoms with Gasteiger partial charge in [0.1, 0.15) is 11.4 Å². The lowest BCUT2D eigenvalue weighted by atomic mass is 10.1. The molecule has 216 valence electrons. The molecular formula is C30H41N5O4S. The fourth-order valence-corrected chi connectivity index (χ4v) is 5.86. The number of carbonyl (C=O) groups is 2. The third-order valence-electron chi connectivity index (χ3n) is 6.54. The fourth-order valence-electron chi connectivity index (χ4n) is 4.75. The number of thiophene rings is 1. The largest absolute Gasteiger partial charge is 0.456 e. The molecule has 2 aromatic rings. The summed E-state index contributed by atoms with van der Waals surface area (Å²) in [6, 6.07) is 9.75. The fraction of sp³-hybridized carbons (Fsp3) is 0.500. The van der Waals surface area contributed by atoms with Crippen LogP contribution in [0.2, 0.25) is 0 Å². The summed E-state index contributed by atoms with van der Waals surface area (Å²) in [5, 5.41) is 1.43. The number of hydrogen-bond acceptors (Lipinski definition) is 9. The lowest BCUT2D eigenvalue weighted by Crippen LogP contribution is -2.45. The van der Waals surface area contributed by atoms with Crippen molar-refractivity contribution in [1.29, 1.82) is 0 Å². The first kappa shape index (κ1) is 29.8. The number of aliphatic imine (C=N–C) groups is 1. The monoisotopic (exact) mass is 567 g/mol. The van der Waals surface area contributed by atoms with Gasteiger partial charge in [-0.15, -0.1) is 11.3 Å². The highest BCUT2D eigenvalue weighted by Gasteiger charge is 2.25. The van der Waals surface area contributed by atoms with E-state index < -0.39 is 5.60 Å².